The molecule has 0 saturated heterocycles. The maximum atomic E-state index is 11.2. The Morgan fingerprint density at radius 1 is 1.50 bits per heavy atom. The number of amides is 2. The molecule has 0 aromatic heterocycles. The van der Waals surface area contributed by atoms with Crippen LogP contribution in [0.25, 0.3) is 0 Å². The molecule has 0 radical (unpaired) electrons. The molecule has 0 heterocycles. The van der Waals surface area contributed by atoms with Crippen molar-refractivity contribution < 1.29 is 14.3 Å². The summed E-state index contributed by atoms with van der Waals surface area (Å²) in [7, 11) is 3.14. The summed E-state index contributed by atoms with van der Waals surface area (Å²) in [5.41, 5.74) is 0. The number of carbonyl (C=O) groups is 2. The van der Waals surface area contributed by atoms with Gasteiger partial charge in [-0.3, -0.25) is 9.59 Å². The van der Waals surface area contributed by atoms with Crippen molar-refractivity contribution in [3.05, 3.63) is 0 Å². The van der Waals surface area contributed by atoms with Crippen molar-refractivity contribution in [2.75, 3.05) is 39.2 Å². The van der Waals surface area contributed by atoms with E-state index in [9.17, 15) is 9.59 Å². The van der Waals surface area contributed by atoms with Crippen molar-refractivity contribution in [1.29, 1.82) is 0 Å². The fraction of sp³-hybridized carbons (Fsp3) is 0.750. The monoisotopic (exact) mass is 266 g/mol. The predicted octanol–water partition coefficient (Wildman–Crippen LogP) is -0.398. The summed E-state index contributed by atoms with van der Waals surface area (Å²) in [5.74, 6) is -0.300. The maximum Gasteiger partial charge on any atom is 0.239 e. The molecular weight excluding hydrogens is 252 g/mol. The van der Waals surface area contributed by atoms with Crippen molar-refractivity contribution in [2.24, 2.45) is 0 Å². The SMILES string of the molecule is COCCNC(=O)CN(C)C(=O)CBr. The van der Waals surface area contributed by atoms with Crippen molar-refractivity contribution >= 4 is 27.7 Å². The summed E-state index contributed by atoms with van der Waals surface area (Å²) in [5, 5.41) is 2.85. The first kappa shape index (κ1) is 13.4. The zero-order valence-electron chi connectivity index (χ0n) is 8.38. The number of halogens is 1. The van der Waals surface area contributed by atoms with E-state index in [1.165, 1.54) is 4.90 Å². The molecule has 0 aliphatic carbocycles. The minimum atomic E-state index is -0.182. The number of methoxy groups -OCH3 is 1. The van der Waals surface area contributed by atoms with Crippen LogP contribution >= 0.6 is 15.9 Å². The van der Waals surface area contributed by atoms with Gasteiger partial charge in [-0.1, -0.05) is 15.9 Å². The number of carbonyl (C=O) groups excluding carboxylic acids is 2. The van der Waals surface area contributed by atoms with Crippen molar-refractivity contribution in [1.82, 2.24) is 10.2 Å². The first-order valence-corrected chi connectivity index (χ1v) is 5.29. The molecule has 6 heteroatoms. The largest absolute Gasteiger partial charge is 0.383 e. The van der Waals surface area contributed by atoms with E-state index >= 15 is 0 Å². The third-order valence-electron chi connectivity index (χ3n) is 1.55. The van der Waals surface area contributed by atoms with Crippen molar-refractivity contribution in [3.63, 3.8) is 0 Å². The molecule has 82 valence electrons. The average Bonchev–Trinajstić information content (AvgIpc) is 2.16. The van der Waals surface area contributed by atoms with Gasteiger partial charge in [0, 0.05) is 20.7 Å². The lowest BCUT2D eigenvalue weighted by Crippen LogP contribution is -2.39. The van der Waals surface area contributed by atoms with Crippen LogP contribution in [0.1, 0.15) is 0 Å². The number of hydrogen-bond acceptors (Lipinski definition) is 3. The number of rotatable bonds is 6. The van der Waals surface area contributed by atoms with Gasteiger partial charge in [0.05, 0.1) is 18.5 Å². The van der Waals surface area contributed by atoms with Gasteiger partial charge in [0.25, 0.3) is 0 Å². The molecule has 0 fully saturated rings. The Labute approximate surface area is 91.9 Å². The molecule has 0 atom stereocenters. The number of nitrogens with zero attached hydrogens (tertiary/aromatic N) is 1. The first-order valence-electron chi connectivity index (χ1n) is 4.17. The van der Waals surface area contributed by atoms with Crippen molar-refractivity contribution in [2.45, 2.75) is 0 Å². The normalized spacial score (nSPS) is 9.64. The summed E-state index contributed by atoms with van der Waals surface area (Å²) in [6, 6.07) is 0. The van der Waals surface area contributed by atoms with E-state index in [2.05, 4.69) is 21.2 Å². The minimum Gasteiger partial charge on any atom is -0.383 e. The van der Waals surface area contributed by atoms with Crippen LogP contribution in [0.5, 0.6) is 0 Å². The van der Waals surface area contributed by atoms with Gasteiger partial charge < -0.3 is 15.0 Å². The Bertz CT molecular complexity index is 199. The quantitative estimate of drug-likeness (QED) is 0.526. The molecule has 14 heavy (non-hydrogen) atoms. The Kier molecular flexibility index (Phi) is 7.41. The number of likely N-dealkylation sites (N-methyl/N-ethyl adjacent to an activating group) is 1. The number of nitrogens with one attached hydrogen (secondary N) is 1. The maximum absolute atomic E-state index is 11.2. The molecule has 0 aromatic rings. The van der Waals surface area contributed by atoms with Crippen LogP contribution in [0.3, 0.4) is 0 Å². The zero-order valence-corrected chi connectivity index (χ0v) is 9.96. The molecule has 2 amide bonds. The van der Waals surface area contributed by atoms with Crippen LogP contribution < -0.4 is 5.32 Å². The minimum absolute atomic E-state index is 0.0775. The second-order valence-corrected chi connectivity index (χ2v) is 3.29. The second kappa shape index (κ2) is 7.75. The van der Waals surface area contributed by atoms with Gasteiger partial charge in [0.1, 0.15) is 0 Å². The van der Waals surface area contributed by atoms with E-state index in [0.717, 1.165) is 0 Å². The van der Waals surface area contributed by atoms with Crippen LogP contribution in [0.4, 0.5) is 0 Å². The molecule has 0 unspecified atom stereocenters. The lowest BCUT2D eigenvalue weighted by molar-refractivity contribution is -0.132. The van der Waals surface area contributed by atoms with Crippen LogP contribution in [0.15, 0.2) is 0 Å². The van der Waals surface area contributed by atoms with Gasteiger partial charge in [0.15, 0.2) is 0 Å². The summed E-state index contributed by atoms with van der Waals surface area (Å²) in [6.07, 6.45) is 0. The van der Waals surface area contributed by atoms with Gasteiger partial charge in [-0.2, -0.15) is 0 Å². The molecule has 0 aromatic carbocycles. The first-order chi connectivity index (χ1) is 6.61. The molecule has 0 aliphatic heterocycles. The van der Waals surface area contributed by atoms with Crippen LogP contribution in [0.2, 0.25) is 0 Å². The topological polar surface area (TPSA) is 58.6 Å². The van der Waals surface area contributed by atoms with Crippen molar-refractivity contribution in [3.8, 4) is 0 Å². The fourth-order valence-electron chi connectivity index (χ4n) is 0.754. The molecule has 0 spiro atoms. The van der Waals surface area contributed by atoms with E-state index in [1.807, 2.05) is 0 Å². The molecular formula is C8H15BrN2O3. The van der Waals surface area contributed by atoms with Gasteiger partial charge in [-0.15, -0.1) is 0 Å². The fourth-order valence-corrected chi connectivity index (χ4v) is 1.18. The lowest BCUT2D eigenvalue weighted by Gasteiger charge is -2.15. The Morgan fingerprint density at radius 3 is 2.64 bits per heavy atom. The Morgan fingerprint density at radius 2 is 2.14 bits per heavy atom. The number of ether oxygens (including phenoxy) is 1. The summed E-state index contributed by atoms with van der Waals surface area (Å²) >= 11 is 3.03. The van der Waals surface area contributed by atoms with Gasteiger partial charge >= 0.3 is 0 Å². The molecule has 5 nitrogen and oxygen atoms in total. The van der Waals surface area contributed by atoms with E-state index in [0.29, 0.717) is 13.2 Å². The standard InChI is InChI=1S/C8H15BrN2O3/c1-11(8(13)5-9)6-7(12)10-3-4-14-2/h3-6H2,1-2H3,(H,10,12). The van der Waals surface area contributed by atoms with Gasteiger partial charge in [-0.05, 0) is 0 Å². The number of alkyl halides is 1. The summed E-state index contributed by atoms with van der Waals surface area (Å²) < 4.78 is 4.76. The van der Waals surface area contributed by atoms with Gasteiger partial charge in [0.2, 0.25) is 11.8 Å². The predicted molar refractivity (Wildman–Crippen MR) is 56.3 cm³/mol. The molecule has 1 N–H and O–H groups in total. The Hall–Kier alpha value is -0.620. The highest BCUT2D eigenvalue weighted by atomic mass is 79.9. The zero-order chi connectivity index (χ0) is 11.0. The highest BCUT2D eigenvalue weighted by molar-refractivity contribution is 9.09. The number of hydrogen-bond donors (Lipinski definition) is 1. The van der Waals surface area contributed by atoms with E-state index in [1.54, 1.807) is 14.2 Å². The summed E-state index contributed by atoms with van der Waals surface area (Å²) in [4.78, 5) is 23.6. The smallest absolute Gasteiger partial charge is 0.239 e. The van der Waals surface area contributed by atoms with Crippen LogP contribution in [0, 0.1) is 0 Å². The molecule has 0 aliphatic rings. The lowest BCUT2D eigenvalue weighted by atomic mass is 10.5. The van der Waals surface area contributed by atoms with Crippen LogP contribution in [-0.2, 0) is 14.3 Å². The van der Waals surface area contributed by atoms with Crippen LogP contribution in [-0.4, -0.2) is 55.9 Å². The average molecular weight is 267 g/mol. The molecule has 0 rings (SSSR count). The highest BCUT2D eigenvalue weighted by Gasteiger charge is 2.10. The van der Waals surface area contributed by atoms with Gasteiger partial charge in [-0.25, -0.2) is 0 Å². The van der Waals surface area contributed by atoms with E-state index in [-0.39, 0.29) is 23.7 Å². The Balaban J connectivity index is 3.65. The molecule has 0 bridgehead atoms. The highest BCUT2D eigenvalue weighted by Crippen LogP contribution is 1.89. The second-order valence-electron chi connectivity index (χ2n) is 2.73. The third kappa shape index (κ3) is 5.93. The summed E-state index contributed by atoms with van der Waals surface area (Å²) in [6.45, 7) is 1.02. The third-order valence-corrected chi connectivity index (χ3v) is 2.03. The van der Waals surface area contributed by atoms with E-state index < -0.39 is 0 Å². The molecule has 0 saturated carbocycles. The van der Waals surface area contributed by atoms with E-state index in [4.69, 9.17) is 4.74 Å².